The van der Waals surface area contributed by atoms with Gasteiger partial charge in [-0.05, 0) is 12.0 Å². The molecule has 1 rings (SSSR count). The van der Waals surface area contributed by atoms with Gasteiger partial charge in [0.05, 0.1) is 12.6 Å². The summed E-state index contributed by atoms with van der Waals surface area (Å²) in [5.41, 5.74) is 0.858. The number of aliphatic hydroxyl groups excluding tert-OH is 1. The molecule has 0 bridgehead atoms. The van der Waals surface area contributed by atoms with Crippen molar-refractivity contribution >= 4 is 5.91 Å². The third-order valence-corrected chi connectivity index (χ3v) is 2.66. The van der Waals surface area contributed by atoms with E-state index in [9.17, 15) is 9.90 Å². The summed E-state index contributed by atoms with van der Waals surface area (Å²) in [6.07, 6.45) is 1.49. The van der Waals surface area contributed by atoms with Gasteiger partial charge in [0.15, 0.2) is 0 Å². The SMILES string of the molecule is CCCCNC(=O)CNCC(O)c1ccccc1. The average molecular weight is 250 g/mol. The number of unbranched alkanes of at least 4 members (excludes halogenated alkanes) is 1. The summed E-state index contributed by atoms with van der Waals surface area (Å²) in [6.45, 7) is 3.43. The predicted molar refractivity (Wildman–Crippen MR) is 72.2 cm³/mol. The third kappa shape index (κ3) is 5.80. The molecule has 1 aromatic carbocycles. The van der Waals surface area contributed by atoms with Crippen LogP contribution in [0.5, 0.6) is 0 Å². The second kappa shape index (κ2) is 8.66. The largest absolute Gasteiger partial charge is 0.387 e. The lowest BCUT2D eigenvalue weighted by molar-refractivity contribution is -0.120. The Morgan fingerprint density at radius 1 is 1.33 bits per heavy atom. The molecule has 100 valence electrons. The molecule has 0 radical (unpaired) electrons. The summed E-state index contributed by atoms with van der Waals surface area (Å²) in [4.78, 5) is 11.4. The number of amides is 1. The maximum absolute atomic E-state index is 11.4. The van der Waals surface area contributed by atoms with Crippen molar-refractivity contribution in [2.45, 2.75) is 25.9 Å². The third-order valence-electron chi connectivity index (χ3n) is 2.66. The molecule has 1 aromatic rings. The van der Waals surface area contributed by atoms with Gasteiger partial charge in [-0.3, -0.25) is 4.79 Å². The van der Waals surface area contributed by atoms with Crippen molar-refractivity contribution in [3.8, 4) is 0 Å². The fourth-order valence-corrected chi connectivity index (χ4v) is 1.58. The van der Waals surface area contributed by atoms with Gasteiger partial charge in [-0.2, -0.15) is 0 Å². The molecule has 1 amide bonds. The van der Waals surface area contributed by atoms with Crippen LogP contribution in [0.1, 0.15) is 31.4 Å². The van der Waals surface area contributed by atoms with Gasteiger partial charge in [0, 0.05) is 13.1 Å². The van der Waals surface area contributed by atoms with Crippen LogP contribution >= 0.6 is 0 Å². The van der Waals surface area contributed by atoms with Crippen LogP contribution in [0, 0.1) is 0 Å². The molecule has 0 aliphatic heterocycles. The van der Waals surface area contributed by atoms with Gasteiger partial charge in [-0.1, -0.05) is 43.7 Å². The van der Waals surface area contributed by atoms with E-state index in [1.54, 1.807) is 0 Å². The van der Waals surface area contributed by atoms with E-state index in [0.717, 1.165) is 24.9 Å². The van der Waals surface area contributed by atoms with Crippen LogP contribution in [0.25, 0.3) is 0 Å². The van der Waals surface area contributed by atoms with Gasteiger partial charge < -0.3 is 15.7 Å². The van der Waals surface area contributed by atoms with Crippen LogP contribution in [-0.4, -0.2) is 30.6 Å². The van der Waals surface area contributed by atoms with Crippen LogP contribution < -0.4 is 10.6 Å². The van der Waals surface area contributed by atoms with Crippen molar-refractivity contribution in [2.24, 2.45) is 0 Å². The average Bonchev–Trinajstić information content (AvgIpc) is 2.40. The number of carbonyl (C=O) groups excluding carboxylic acids is 1. The molecule has 1 atom stereocenters. The van der Waals surface area contributed by atoms with Crippen molar-refractivity contribution in [3.63, 3.8) is 0 Å². The number of benzene rings is 1. The van der Waals surface area contributed by atoms with Gasteiger partial charge in [0.25, 0.3) is 0 Å². The fourth-order valence-electron chi connectivity index (χ4n) is 1.58. The van der Waals surface area contributed by atoms with Gasteiger partial charge in [0.2, 0.25) is 5.91 Å². The second-order valence-corrected chi connectivity index (χ2v) is 4.26. The van der Waals surface area contributed by atoms with E-state index in [1.807, 2.05) is 30.3 Å². The molecule has 0 heterocycles. The normalized spacial score (nSPS) is 12.1. The summed E-state index contributed by atoms with van der Waals surface area (Å²) in [7, 11) is 0. The van der Waals surface area contributed by atoms with E-state index in [4.69, 9.17) is 0 Å². The molecule has 18 heavy (non-hydrogen) atoms. The summed E-state index contributed by atoms with van der Waals surface area (Å²) < 4.78 is 0. The quantitative estimate of drug-likeness (QED) is 0.608. The Balaban J connectivity index is 2.16. The van der Waals surface area contributed by atoms with Crippen LogP contribution in [0.15, 0.2) is 30.3 Å². The first-order chi connectivity index (χ1) is 8.74. The zero-order valence-corrected chi connectivity index (χ0v) is 10.9. The lowest BCUT2D eigenvalue weighted by Crippen LogP contribution is -2.36. The Kier molecular flexibility index (Phi) is 7.06. The minimum absolute atomic E-state index is 0.0243. The molecule has 0 fully saturated rings. The van der Waals surface area contributed by atoms with Crippen molar-refractivity contribution in [1.29, 1.82) is 0 Å². The first kappa shape index (κ1) is 14.7. The number of hydrogen-bond donors (Lipinski definition) is 3. The molecule has 1 unspecified atom stereocenters. The highest BCUT2D eigenvalue weighted by Gasteiger charge is 2.07. The van der Waals surface area contributed by atoms with Gasteiger partial charge >= 0.3 is 0 Å². The van der Waals surface area contributed by atoms with Crippen molar-refractivity contribution in [3.05, 3.63) is 35.9 Å². The van der Waals surface area contributed by atoms with Crippen LogP contribution in [0.2, 0.25) is 0 Å². The molecular formula is C14H22N2O2. The van der Waals surface area contributed by atoms with E-state index in [2.05, 4.69) is 17.6 Å². The molecule has 0 aliphatic carbocycles. The number of carbonyl (C=O) groups is 1. The second-order valence-electron chi connectivity index (χ2n) is 4.26. The van der Waals surface area contributed by atoms with E-state index >= 15 is 0 Å². The van der Waals surface area contributed by atoms with E-state index < -0.39 is 6.10 Å². The highest BCUT2D eigenvalue weighted by Crippen LogP contribution is 2.09. The van der Waals surface area contributed by atoms with Crippen LogP contribution in [0.3, 0.4) is 0 Å². The first-order valence-electron chi connectivity index (χ1n) is 6.44. The number of nitrogens with one attached hydrogen (secondary N) is 2. The minimum atomic E-state index is -0.574. The summed E-state index contributed by atoms with van der Waals surface area (Å²) >= 11 is 0. The lowest BCUT2D eigenvalue weighted by Gasteiger charge is -2.12. The lowest BCUT2D eigenvalue weighted by atomic mass is 10.1. The fraction of sp³-hybridized carbons (Fsp3) is 0.500. The van der Waals surface area contributed by atoms with Gasteiger partial charge in [-0.25, -0.2) is 0 Å². The Morgan fingerprint density at radius 2 is 2.06 bits per heavy atom. The molecule has 0 saturated carbocycles. The topological polar surface area (TPSA) is 61.4 Å². The van der Waals surface area contributed by atoms with Crippen molar-refractivity contribution < 1.29 is 9.90 Å². The minimum Gasteiger partial charge on any atom is -0.387 e. The smallest absolute Gasteiger partial charge is 0.233 e. The molecule has 0 aromatic heterocycles. The highest BCUT2D eigenvalue weighted by atomic mass is 16.3. The summed E-state index contributed by atoms with van der Waals surface area (Å²) in [5.74, 6) is -0.0243. The van der Waals surface area contributed by atoms with E-state index in [0.29, 0.717) is 6.54 Å². The molecule has 3 N–H and O–H groups in total. The van der Waals surface area contributed by atoms with Crippen molar-refractivity contribution in [2.75, 3.05) is 19.6 Å². The zero-order chi connectivity index (χ0) is 13.2. The molecule has 4 heteroatoms. The zero-order valence-electron chi connectivity index (χ0n) is 10.9. The van der Waals surface area contributed by atoms with Gasteiger partial charge in [-0.15, -0.1) is 0 Å². The Labute approximate surface area is 108 Å². The van der Waals surface area contributed by atoms with Gasteiger partial charge in [0.1, 0.15) is 0 Å². The molecule has 0 spiro atoms. The number of aliphatic hydroxyl groups is 1. The van der Waals surface area contributed by atoms with Crippen LogP contribution in [-0.2, 0) is 4.79 Å². The Morgan fingerprint density at radius 3 is 2.72 bits per heavy atom. The maximum atomic E-state index is 11.4. The Hall–Kier alpha value is -1.39. The summed E-state index contributed by atoms with van der Waals surface area (Å²) in [6, 6.07) is 9.41. The Bertz CT molecular complexity index is 341. The maximum Gasteiger partial charge on any atom is 0.233 e. The monoisotopic (exact) mass is 250 g/mol. The first-order valence-corrected chi connectivity index (χ1v) is 6.44. The predicted octanol–water partition coefficient (Wildman–Crippen LogP) is 1.23. The number of hydrogen-bond acceptors (Lipinski definition) is 3. The van der Waals surface area contributed by atoms with Crippen LogP contribution in [0.4, 0.5) is 0 Å². The summed E-state index contributed by atoms with van der Waals surface area (Å²) in [5, 5.41) is 15.6. The van der Waals surface area contributed by atoms with E-state index in [1.165, 1.54) is 0 Å². The van der Waals surface area contributed by atoms with Crippen molar-refractivity contribution in [1.82, 2.24) is 10.6 Å². The number of rotatable bonds is 8. The standard InChI is InChI=1S/C14H22N2O2/c1-2-3-9-16-14(18)11-15-10-13(17)12-7-5-4-6-8-12/h4-8,13,15,17H,2-3,9-11H2,1H3,(H,16,18). The van der Waals surface area contributed by atoms with E-state index in [-0.39, 0.29) is 12.5 Å². The highest BCUT2D eigenvalue weighted by molar-refractivity contribution is 5.77. The molecule has 0 saturated heterocycles. The molecule has 0 aliphatic rings. The molecular weight excluding hydrogens is 228 g/mol. The molecule has 4 nitrogen and oxygen atoms in total.